The maximum atomic E-state index is 13.3. The van der Waals surface area contributed by atoms with Gasteiger partial charge in [0.2, 0.25) is 11.9 Å². The van der Waals surface area contributed by atoms with Crippen molar-refractivity contribution in [3.05, 3.63) is 41.7 Å². The van der Waals surface area contributed by atoms with Gasteiger partial charge in [0, 0.05) is 62.8 Å². The summed E-state index contributed by atoms with van der Waals surface area (Å²) in [5.74, 6) is 2.88. The number of aryl methyl sites for hydroxylation is 1. The molecule has 1 aromatic heterocycles. The van der Waals surface area contributed by atoms with E-state index in [1.54, 1.807) is 7.11 Å². The summed E-state index contributed by atoms with van der Waals surface area (Å²) in [5, 5.41) is 0. The molecule has 5 rings (SSSR count). The molecule has 3 heterocycles. The molecule has 0 radical (unpaired) electrons. The molecular weight excluding hydrogens is 414 g/mol. The van der Waals surface area contributed by atoms with Gasteiger partial charge in [-0.15, -0.1) is 0 Å². The van der Waals surface area contributed by atoms with E-state index < -0.39 is 0 Å². The van der Waals surface area contributed by atoms with Crippen molar-refractivity contribution in [1.29, 1.82) is 0 Å². The normalized spacial score (nSPS) is 21.6. The van der Waals surface area contributed by atoms with Crippen LogP contribution in [-0.4, -0.2) is 67.2 Å². The monoisotopic (exact) mass is 449 g/mol. The third kappa shape index (κ3) is 4.77. The largest absolute Gasteiger partial charge is 0.497 e. The van der Waals surface area contributed by atoms with Gasteiger partial charge in [-0.2, -0.15) is 0 Å². The number of nitrogens with zero attached hydrogens (tertiary/aromatic N) is 5. The maximum Gasteiger partial charge on any atom is 0.226 e. The van der Waals surface area contributed by atoms with Crippen molar-refractivity contribution in [3.63, 3.8) is 0 Å². The third-order valence-electron chi connectivity index (χ3n) is 7.58. The number of rotatable bonds is 4. The fraction of sp³-hybridized carbons (Fsp3) is 0.577. The number of amides is 1. The van der Waals surface area contributed by atoms with Crippen LogP contribution in [-0.2, 0) is 17.6 Å². The third-order valence-corrected chi connectivity index (χ3v) is 7.58. The molecular formula is C26H35N5O2. The van der Waals surface area contributed by atoms with Crippen molar-refractivity contribution < 1.29 is 9.53 Å². The lowest BCUT2D eigenvalue weighted by Crippen LogP contribution is -2.51. The molecule has 1 aromatic carbocycles. The Morgan fingerprint density at radius 2 is 1.70 bits per heavy atom. The highest BCUT2D eigenvalue weighted by atomic mass is 16.5. The van der Waals surface area contributed by atoms with Crippen LogP contribution in [0, 0.1) is 11.8 Å². The number of methoxy groups -OCH3 is 1. The first kappa shape index (κ1) is 22.0. The molecule has 0 spiro atoms. The topological polar surface area (TPSA) is 61.8 Å². The summed E-state index contributed by atoms with van der Waals surface area (Å²) >= 11 is 0. The van der Waals surface area contributed by atoms with E-state index >= 15 is 0 Å². The molecule has 2 fully saturated rings. The molecule has 7 heteroatoms. The molecule has 2 aliphatic heterocycles. The van der Waals surface area contributed by atoms with E-state index in [1.807, 2.05) is 18.3 Å². The quantitative estimate of drug-likeness (QED) is 0.715. The van der Waals surface area contributed by atoms with Gasteiger partial charge in [0.25, 0.3) is 0 Å². The molecule has 1 atom stereocenters. The lowest BCUT2D eigenvalue weighted by molar-refractivity contribution is -0.136. The average Bonchev–Trinajstić information content (AvgIpc) is 2.88. The van der Waals surface area contributed by atoms with Gasteiger partial charge in [0.1, 0.15) is 5.75 Å². The van der Waals surface area contributed by atoms with Crippen LogP contribution < -0.4 is 14.5 Å². The number of carbonyl (C=O) groups is 1. The first-order chi connectivity index (χ1) is 16.1. The predicted molar refractivity (Wildman–Crippen MR) is 130 cm³/mol. The first-order valence-corrected chi connectivity index (χ1v) is 12.4. The van der Waals surface area contributed by atoms with E-state index in [2.05, 4.69) is 38.7 Å². The van der Waals surface area contributed by atoms with Crippen LogP contribution in [0.3, 0.4) is 0 Å². The Morgan fingerprint density at radius 1 is 0.970 bits per heavy atom. The van der Waals surface area contributed by atoms with Gasteiger partial charge in [-0.05, 0) is 67.9 Å². The van der Waals surface area contributed by atoms with Crippen LogP contribution in [0.1, 0.15) is 37.4 Å². The Bertz CT molecular complexity index is 963. The summed E-state index contributed by atoms with van der Waals surface area (Å²) in [7, 11) is 1.68. The zero-order valence-electron chi connectivity index (χ0n) is 19.9. The summed E-state index contributed by atoms with van der Waals surface area (Å²) in [6, 6.07) is 8.16. The average molecular weight is 450 g/mol. The highest BCUT2D eigenvalue weighted by Crippen LogP contribution is 2.29. The summed E-state index contributed by atoms with van der Waals surface area (Å²) in [6.45, 7) is 7.69. The molecule has 0 N–H and O–H groups in total. The number of ether oxygens (including phenoxy) is 1. The standard InChI is InChI=1S/C26H35N5O2/c1-19-9-11-31(12-10-19)26-27-18-21-17-20(3-8-24(21)28-26)25(32)30-15-13-29(14-16-30)22-4-6-23(33-2)7-5-22/h4-7,18-20H,3,8-17H2,1-2H3/t20-/m0/s1. The van der Waals surface area contributed by atoms with E-state index in [-0.39, 0.29) is 5.92 Å². The molecule has 2 aromatic rings. The highest BCUT2D eigenvalue weighted by Gasteiger charge is 2.31. The fourth-order valence-corrected chi connectivity index (χ4v) is 5.30. The second-order valence-electron chi connectivity index (χ2n) is 9.76. The molecule has 1 aliphatic carbocycles. The van der Waals surface area contributed by atoms with Gasteiger partial charge in [-0.1, -0.05) is 6.92 Å². The van der Waals surface area contributed by atoms with Crippen LogP contribution in [0.2, 0.25) is 0 Å². The molecule has 2 saturated heterocycles. The van der Waals surface area contributed by atoms with Crippen LogP contribution in [0.5, 0.6) is 5.75 Å². The van der Waals surface area contributed by atoms with Crippen molar-refractivity contribution in [2.24, 2.45) is 11.8 Å². The molecule has 1 amide bonds. The van der Waals surface area contributed by atoms with Crippen LogP contribution >= 0.6 is 0 Å². The Morgan fingerprint density at radius 3 is 2.39 bits per heavy atom. The van der Waals surface area contributed by atoms with Crippen molar-refractivity contribution in [2.45, 2.75) is 39.0 Å². The molecule has 3 aliphatic rings. The number of fused-ring (bicyclic) bond motifs is 1. The van der Waals surface area contributed by atoms with Gasteiger partial charge in [-0.25, -0.2) is 9.97 Å². The van der Waals surface area contributed by atoms with Crippen molar-refractivity contribution in [3.8, 4) is 5.75 Å². The van der Waals surface area contributed by atoms with Crippen molar-refractivity contribution in [1.82, 2.24) is 14.9 Å². The lowest BCUT2D eigenvalue weighted by atomic mass is 9.86. The van der Waals surface area contributed by atoms with Crippen LogP contribution in [0.15, 0.2) is 30.5 Å². The SMILES string of the molecule is COc1ccc(N2CCN(C(=O)[C@H]3CCc4nc(N5CCC(C)CC5)ncc4C3)CC2)cc1. The van der Waals surface area contributed by atoms with Crippen LogP contribution in [0.4, 0.5) is 11.6 Å². The van der Waals surface area contributed by atoms with Gasteiger partial charge in [-0.3, -0.25) is 4.79 Å². The first-order valence-electron chi connectivity index (χ1n) is 12.4. The van der Waals surface area contributed by atoms with Gasteiger partial charge >= 0.3 is 0 Å². The minimum Gasteiger partial charge on any atom is -0.497 e. The highest BCUT2D eigenvalue weighted by molar-refractivity contribution is 5.80. The lowest BCUT2D eigenvalue weighted by Gasteiger charge is -2.38. The van der Waals surface area contributed by atoms with Gasteiger partial charge in [0.15, 0.2) is 0 Å². The molecule has 33 heavy (non-hydrogen) atoms. The van der Waals surface area contributed by atoms with E-state index in [1.165, 1.54) is 18.5 Å². The zero-order valence-corrected chi connectivity index (χ0v) is 19.9. The minimum atomic E-state index is 0.0512. The second kappa shape index (κ2) is 9.57. The smallest absolute Gasteiger partial charge is 0.226 e. The number of carbonyl (C=O) groups excluding carboxylic acids is 1. The summed E-state index contributed by atoms with van der Waals surface area (Å²) in [4.78, 5) is 29.6. The number of hydrogen-bond acceptors (Lipinski definition) is 6. The second-order valence-corrected chi connectivity index (χ2v) is 9.76. The van der Waals surface area contributed by atoms with Gasteiger partial charge in [0.05, 0.1) is 7.11 Å². The van der Waals surface area contributed by atoms with E-state index in [4.69, 9.17) is 9.72 Å². The van der Waals surface area contributed by atoms with Crippen LogP contribution in [0.25, 0.3) is 0 Å². The Balaban J connectivity index is 1.16. The summed E-state index contributed by atoms with van der Waals surface area (Å²) < 4.78 is 5.26. The summed E-state index contributed by atoms with van der Waals surface area (Å²) in [5.41, 5.74) is 3.49. The number of piperidine rings is 1. The number of anilines is 2. The molecule has 0 bridgehead atoms. The fourth-order valence-electron chi connectivity index (χ4n) is 5.30. The molecule has 7 nitrogen and oxygen atoms in total. The zero-order chi connectivity index (χ0) is 22.8. The van der Waals surface area contributed by atoms with Crippen molar-refractivity contribution >= 4 is 17.5 Å². The minimum absolute atomic E-state index is 0.0512. The molecule has 176 valence electrons. The number of piperazine rings is 1. The molecule has 0 saturated carbocycles. The molecule has 0 unspecified atom stereocenters. The maximum absolute atomic E-state index is 13.3. The van der Waals surface area contributed by atoms with Crippen molar-refractivity contribution in [2.75, 3.05) is 56.2 Å². The Labute approximate surface area is 196 Å². The van der Waals surface area contributed by atoms with Gasteiger partial charge < -0.3 is 19.4 Å². The number of hydrogen-bond donors (Lipinski definition) is 0. The Kier molecular flexibility index (Phi) is 6.38. The summed E-state index contributed by atoms with van der Waals surface area (Å²) in [6.07, 6.45) is 6.93. The Hall–Kier alpha value is -2.83. The van der Waals surface area contributed by atoms with E-state index in [0.717, 1.165) is 87.4 Å². The van der Waals surface area contributed by atoms with E-state index in [0.29, 0.717) is 5.91 Å². The van der Waals surface area contributed by atoms with E-state index in [9.17, 15) is 4.79 Å². The number of aromatic nitrogens is 2. The number of benzene rings is 1. The predicted octanol–water partition coefficient (Wildman–Crippen LogP) is 3.18.